The van der Waals surface area contributed by atoms with Crippen LogP contribution in [0.1, 0.15) is 23.7 Å². The molecular formula is C12H18N2O2S. The van der Waals surface area contributed by atoms with Gasteiger partial charge in [-0.15, -0.1) is 0 Å². The number of anilines is 2. The molecule has 5 heteroatoms. The SMILES string of the molecule is CSCCC(C)Nc1ccc(N)c(C(=O)O)c1. The molecule has 0 saturated carbocycles. The minimum Gasteiger partial charge on any atom is -0.478 e. The predicted molar refractivity (Wildman–Crippen MR) is 73.9 cm³/mol. The van der Waals surface area contributed by atoms with E-state index in [1.807, 2.05) is 0 Å². The zero-order chi connectivity index (χ0) is 12.8. The van der Waals surface area contributed by atoms with E-state index in [9.17, 15) is 4.79 Å². The highest BCUT2D eigenvalue weighted by atomic mass is 32.2. The summed E-state index contributed by atoms with van der Waals surface area (Å²) >= 11 is 1.80. The van der Waals surface area contributed by atoms with Crippen molar-refractivity contribution in [1.82, 2.24) is 0 Å². The molecule has 1 rings (SSSR count). The minimum absolute atomic E-state index is 0.145. The molecule has 1 aromatic rings. The molecule has 4 N–H and O–H groups in total. The van der Waals surface area contributed by atoms with Crippen molar-refractivity contribution in [2.45, 2.75) is 19.4 Å². The lowest BCUT2D eigenvalue weighted by Crippen LogP contribution is -2.16. The highest BCUT2D eigenvalue weighted by Crippen LogP contribution is 2.19. The minimum atomic E-state index is -0.997. The Kier molecular flexibility index (Phi) is 5.15. The van der Waals surface area contributed by atoms with E-state index in [1.54, 1.807) is 30.0 Å². The number of aromatic carboxylic acids is 1. The van der Waals surface area contributed by atoms with E-state index in [0.717, 1.165) is 17.9 Å². The molecule has 0 amide bonds. The third-order valence-electron chi connectivity index (χ3n) is 2.45. The lowest BCUT2D eigenvalue weighted by atomic mass is 10.1. The summed E-state index contributed by atoms with van der Waals surface area (Å²) in [5.41, 5.74) is 6.82. The van der Waals surface area contributed by atoms with Gasteiger partial charge in [0.05, 0.1) is 5.56 Å². The number of hydrogen-bond acceptors (Lipinski definition) is 4. The van der Waals surface area contributed by atoms with Crippen LogP contribution in [0.4, 0.5) is 11.4 Å². The van der Waals surface area contributed by atoms with Gasteiger partial charge in [0.1, 0.15) is 0 Å². The van der Waals surface area contributed by atoms with Crippen LogP contribution in [0.5, 0.6) is 0 Å². The summed E-state index contributed by atoms with van der Waals surface area (Å²) in [7, 11) is 0. The number of carboxylic acids is 1. The maximum atomic E-state index is 10.9. The average molecular weight is 254 g/mol. The number of nitrogen functional groups attached to an aromatic ring is 1. The van der Waals surface area contributed by atoms with E-state index in [0.29, 0.717) is 11.7 Å². The molecule has 94 valence electrons. The van der Waals surface area contributed by atoms with Gasteiger partial charge in [0, 0.05) is 17.4 Å². The monoisotopic (exact) mass is 254 g/mol. The van der Waals surface area contributed by atoms with Gasteiger partial charge >= 0.3 is 5.97 Å². The molecule has 0 spiro atoms. The maximum absolute atomic E-state index is 10.9. The van der Waals surface area contributed by atoms with Crippen molar-refractivity contribution >= 4 is 29.1 Å². The van der Waals surface area contributed by atoms with Crippen molar-refractivity contribution in [1.29, 1.82) is 0 Å². The zero-order valence-corrected chi connectivity index (χ0v) is 10.9. The Morgan fingerprint density at radius 2 is 2.29 bits per heavy atom. The third-order valence-corrected chi connectivity index (χ3v) is 3.10. The molecule has 0 aromatic heterocycles. The smallest absolute Gasteiger partial charge is 0.337 e. The van der Waals surface area contributed by atoms with E-state index < -0.39 is 5.97 Å². The molecule has 0 aliphatic carbocycles. The third kappa shape index (κ3) is 4.19. The number of nitrogens with two attached hydrogens (primary N) is 1. The summed E-state index contributed by atoms with van der Waals surface area (Å²) in [5, 5.41) is 12.2. The van der Waals surface area contributed by atoms with Crippen LogP contribution in [0, 0.1) is 0 Å². The number of carboxylic acid groups (broad SMARTS) is 1. The van der Waals surface area contributed by atoms with Gasteiger partial charge in [0.2, 0.25) is 0 Å². The van der Waals surface area contributed by atoms with Gasteiger partial charge in [-0.1, -0.05) is 0 Å². The summed E-state index contributed by atoms with van der Waals surface area (Å²) in [6, 6.07) is 5.31. The Morgan fingerprint density at radius 3 is 2.88 bits per heavy atom. The first-order valence-corrected chi connectivity index (χ1v) is 6.82. The molecule has 0 fully saturated rings. The van der Waals surface area contributed by atoms with Crippen molar-refractivity contribution < 1.29 is 9.90 Å². The number of hydrogen-bond donors (Lipinski definition) is 3. The van der Waals surface area contributed by atoms with E-state index in [4.69, 9.17) is 10.8 Å². The lowest BCUT2D eigenvalue weighted by molar-refractivity contribution is 0.0698. The Morgan fingerprint density at radius 1 is 1.59 bits per heavy atom. The van der Waals surface area contributed by atoms with Gasteiger partial charge in [0.25, 0.3) is 0 Å². The van der Waals surface area contributed by atoms with Crippen LogP contribution in [0.15, 0.2) is 18.2 Å². The van der Waals surface area contributed by atoms with E-state index in [-0.39, 0.29) is 5.56 Å². The summed E-state index contributed by atoms with van der Waals surface area (Å²) in [4.78, 5) is 10.9. The quantitative estimate of drug-likeness (QED) is 0.680. The highest BCUT2D eigenvalue weighted by Gasteiger charge is 2.09. The van der Waals surface area contributed by atoms with Gasteiger partial charge in [0.15, 0.2) is 0 Å². The first kappa shape index (κ1) is 13.7. The van der Waals surface area contributed by atoms with Gasteiger partial charge in [-0.2, -0.15) is 11.8 Å². The molecule has 0 bridgehead atoms. The first-order valence-electron chi connectivity index (χ1n) is 5.43. The fourth-order valence-electron chi connectivity index (χ4n) is 1.48. The standard InChI is InChI=1S/C12H18N2O2S/c1-8(5-6-17-2)14-9-3-4-11(13)10(7-9)12(15)16/h3-4,7-8,14H,5-6,13H2,1-2H3,(H,15,16). The number of rotatable bonds is 6. The van der Waals surface area contributed by atoms with E-state index in [1.165, 1.54) is 0 Å². The summed E-state index contributed by atoms with van der Waals surface area (Å²) in [6.45, 7) is 2.08. The molecule has 0 aliphatic rings. The molecule has 4 nitrogen and oxygen atoms in total. The van der Waals surface area contributed by atoms with Crippen LogP contribution in [-0.2, 0) is 0 Å². The number of benzene rings is 1. The van der Waals surface area contributed by atoms with Crippen LogP contribution in [0.2, 0.25) is 0 Å². The number of carbonyl (C=O) groups is 1. The van der Waals surface area contributed by atoms with Crippen molar-refractivity contribution in [2.75, 3.05) is 23.1 Å². The molecule has 0 saturated heterocycles. The largest absolute Gasteiger partial charge is 0.478 e. The summed E-state index contributed by atoms with van der Waals surface area (Å²) in [6.07, 6.45) is 3.10. The van der Waals surface area contributed by atoms with Crippen molar-refractivity contribution in [3.05, 3.63) is 23.8 Å². The van der Waals surface area contributed by atoms with Crippen molar-refractivity contribution in [3.8, 4) is 0 Å². The first-order chi connectivity index (χ1) is 8.04. The Bertz CT molecular complexity index is 396. The Balaban J connectivity index is 2.72. The highest BCUT2D eigenvalue weighted by molar-refractivity contribution is 7.98. The number of nitrogens with one attached hydrogen (secondary N) is 1. The van der Waals surface area contributed by atoms with Crippen LogP contribution < -0.4 is 11.1 Å². The predicted octanol–water partition coefficient (Wildman–Crippen LogP) is 2.52. The zero-order valence-electron chi connectivity index (χ0n) is 10.1. The topological polar surface area (TPSA) is 75.3 Å². The Labute approximate surface area is 106 Å². The molecular weight excluding hydrogens is 236 g/mol. The average Bonchev–Trinajstić information content (AvgIpc) is 2.28. The fraction of sp³-hybridized carbons (Fsp3) is 0.417. The second-order valence-electron chi connectivity index (χ2n) is 3.93. The van der Waals surface area contributed by atoms with Gasteiger partial charge in [-0.3, -0.25) is 0 Å². The van der Waals surface area contributed by atoms with Crippen molar-refractivity contribution in [3.63, 3.8) is 0 Å². The molecule has 0 aliphatic heterocycles. The molecule has 0 heterocycles. The molecule has 1 atom stereocenters. The van der Waals surface area contributed by atoms with Crippen molar-refractivity contribution in [2.24, 2.45) is 0 Å². The molecule has 17 heavy (non-hydrogen) atoms. The van der Waals surface area contributed by atoms with Gasteiger partial charge in [-0.25, -0.2) is 4.79 Å². The van der Waals surface area contributed by atoms with E-state index >= 15 is 0 Å². The lowest BCUT2D eigenvalue weighted by Gasteiger charge is -2.15. The van der Waals surface area contributed by atoms with Crippen LogP contribution in [-0.4, -0.2) is 29.1 Å². The van der Waals surface area contributed by atoms with Crippen LogP contribution >= 0.6 is 11.8 Å². The molecule has 0 radical (unpaired) electrons. The Hall–Kier alpha value is -1.36. The second-order valence-corrected chi connectivity index (χ2v) is 4.92. The summed E-state index contributed by atoms with van der Waals surface area (Å²) in [5.74, 6) is 0.0810. The summed E-state index contributed by atoms with van der Waals surface area (Å²) < 4.78 is 0. The van der Waals surface area contributed by atoms with Crippen LogP contribution in [0.3, 0.4) is 0 Å². The number of thioether (sulfide) groups is 1. The molecule has 1 aromatic carbocycles. The molecule has 1 unspecified atom stereocenters. The van der Waals surface area contributed by atoms with Crippen LogP contribution in [0.25, 0.3) is 0 Å². The maximum Gasteiger partial charge on any atom is 0.337 e. The normalized spacial score (nSPS) is 12.1. The fourth-order valence-corrected chi connectivity index (χ4v) is 2.07. The second kappa shape index (κ2) is 6.39. The van der Waals surface area contributed by atoms with Gasteiger partial charge < -0.3 is 16.2 Å². The van der Waals surface area contributed by atoms with E-state index in [2.05, 4.69) is 18.5 Å². The van der Waals surface area contributed by atoms with Gasteiger partial charge in [-0.05, 0) is 43.6 Å².